The molecule has 0 aromatic carbocycles. The fourth-order valence-electron chi connectivity index (χ4n) is 5.19. The molecule has 0 radical (unpaired) electrons. The van der Waals surface area contributed by atoms with E-state index in [1.807, 2.05) is 32.1 Å². The van der Waals surface area contributed by atoms with Crippen molar-refractivity contribution < 1.29 is 18.1 Å². The number of nitrogens with zero attached hydrogens (tertiary/aromatic N) is 5. The fraction of sp³-hybridized carbons (Fsp3) is 0.444. The molecule has 9 nitrogen and oxygen atoms in total. The van der Waals surface area contributed by atoms with Gasteiger partial charge in [-0.25, -0.2) is 18.7 Å². The van der Waals surface area contributed by atoms with E-state index in [-0.39, 0.29) is 35.1 Å². The van der Waals surface area contributed by atoms with Crippen LogP contribution in [0, 0.1) is 19.8 Å². The maximum Gasteiger partial charge on any atom is 0.274 e. The highest BCUT2D eigenvalue weighted by Crippen LogP contribution is 2.39. The number of hydrogen-bond acceptors (Lipinski definition) is 8. The average Bonchev–Trinajstić information content (AvgIpc) is 3.44. The van der Waals surface area contributed by atoms with Crippen LogP contribution in [0.3, 0.4) is 0 Å². The van der Waals surface area contributed by atoms with Gasteiger partial charge in [0.2, 0.25) is 11.9 Å². The number of rotatable bonds is 6. The third kappa shape index (κ3) is 4.90. The molecule has 11 heteroatoms. The minimum atomic E-state index is -3.14. The van der Waals surface area contributed by atoms with Gasteiger partial charge in [0.25, 0.3) is 5.92 Å². The second kappa shape index (κ2) is 9.86. The molecule has 200 valence electrons. The maximum atomic E-state index is 14.7. The highest BCUT2D eigenvalue weighted by Gasteiger charge is 2.34. The fourth-order valence-corrected chi connectivity index (χ4v) is 5.19. The van der Waals surface area contributed by atoms with Crippen molar-refractivity contribution in [2.45, 2.75) is 45.6 Å². The normalized spacial score (nSPS) is 19.2. The monoisotopic (exact) mass is 523 g/mol. The molecule has 3 aromatic heterocycles. The van der Waals surface area contributed by atoms with Crippen LogP contribution >= 0.6 is 0 Å². The first kappa shape index (κ1) is 25.9. The summed E-state index contributed by atoms with van der Waals surface area (Å²) in [6, 6.07) is 3.62. The number of hydrogen-bond donors (Lipinski definition) is 2. The molecular weight excluding hydrogens is 492 g/mol. The van der Waals surface area contributed by atoms with Gasteiger partial charge in [0, 0.05) is 63.9 Å². The summed E-state index contributed by atoms with van der Waals surface area (Å²) >= 11 is 0. The Kier molecular flexibility index (Phi) is 6.72. The van der Waals surface area contributed by atoms with Crippen molar-refractivity contribution in [1.82, 2.24) is 30.3 Å². The van der Waals surface area contributed by atoms with E-state index in [1.165, 1.54) is 6.20 Å². The lowest BCUT2D eigenvalue weighted by atomic mass is 9.94. The Labute approximate surface area is 219 Å². The van der Waals surface area contributed by atoms with E-state index < -0.39 is 5.92 Å². The van der Waals surface area contributed by atoms with Crippen LogP contribution < -0.4 is 10.6 Å². The number of aromatic nitrogens is 4. The molecule has 1 aliphatic carbocycles. The standard InChI is InChI=1S/C27H31F2N7O2/c1-14-23(15(2)38-35-14)22-9-6-18-19(7-8-21(18)33-22)24-20(27(3,28)29)13-31-26(34-24)32-17-10-16(11-30-12-17)25(37)36(4)5/h6-7,9,13,16-17,30H,8,10-12H2,1-5H3,(H,31,32,34)/t16-,17+/m1/s1. The smallest absolute Gasteiger partial charge is 0.274 e. The number of allylic oxidation sites excluding steroid dienone is 1. The van der Waals surface area contributed by atoms with Crippen LogP contribution in [-0.2, 0) is 17.1 Å². The minimum absolute atomic E-state index is 0.0442. The molecule has 2 atom stereocenters. The van der Waals surface area contributed by atoms with Gasteiger partial charge in [-0.3, -0.25) is 9.78 Å². The van der Waals surface area contributed by atoms with Gasteiger partial charge in [-0.2, -0.15) is 0 Å². The first-order valence-corrected chi connectivity index (χ1v) is 12.6. The number of piperidine rings is 1. The summed E-state index contributed by atoms with van der Waals surface area (Å²) in [5.41, 5.74) is 4.36. The third-order valence-electron chi connectivity index (χ3n) is 7.04. The predicted molar refractivity (Wildman–Crippen MR) is 139 cm³/mol. The van der Waals surface area contributed by atoms with E-state index in [9.17, 15) is 13.6 Å². The van der Waals surface area contributed by atoms with E-state index in [0.29, 0.717) is 37.3 Å². The van der Waals surface area contributed by atoms with Crippen LogP contribution in [-0.4, -0.2) is 64.1 Å². The van der Waals surface area contributed by atoms with Crippen LogP contribution in [0.15, 0.2) is 28.9 Å². The number of fused-ring (bicyclic) bond motifs is 1. The third-order valence-corrected chi connectivity index (χ3v) is 7.04. The van der Waals surface area contributed by atoms with Crippen LogP contribution in [0.2, 0.25) is 0 Å². The molecule has 0 unspecified atom stereocenters. The van der Waals surface area contributed by atoms with Gasteiger partial charge in [0.15, 0.2) is 0 Å². The molecule has 1 aliphatic heterocycles. The molecular formula is C27H31F2N7O2. The number of nitrogens with one attached hydrogen (secondary N) is 2. The first-order valence-electron chi connectivity index (χ1n) is 12.6. The van der Waals surface area contributed by atoms with Gasteiger partial charge < -0.3 is 20.1 Å². The molecule has 38 heavy (non-hydrogen) atoms. The second-order valence-electron chi connectivity index (χ2n) is 10.2. The summed E-state index contributed by atoms with van der Waals surface area (Å²) in [4.78, 5) is 27.6. The zero-order chi connectivity index (χ0) is 27.2. The van der Waals surface area contributed by atoms with Crippen molar-refractivity contribution in [3.63, 3.8) is 0 Å². The Morgan fingerprint density at radius 1 is 1.21 bits per heavy atom. The Morgan fingerprint density at radius 3 is 2.68 bits per heavy atom. The van der Waals surface area contributed by atoms with Crippen LogP contribution in [0.1, 0.15) is 47.3 Å². The Bertz CT molecular complexity index is 1390. The molecule has 1 saturated heterocycles. The van der Waals surface area contributed by atoms with Gasteiger partial charge in [-0.15, -0.1) is 0 Å². The van der Waals surface area contributed by atoms with E-state index >= 15 is 0 Å². The largest absolute Gasteiger partial charge is 0.361 e. The summed E-state index contributed by atoms with van der Waals surface area (Å²) in [6.45, 7) is 5.74. The number of aryl methyl sites for hydroxylation is 2. The number of pyridine rings is 1. The maximum absolute atomic E-state index is 14.7. The molecule has 2 N–H and O–H groups in total. The lowest BCUT2D eigenvalue weighted by molar-refractivity contribution is -0.133. The molecule has 0 saturated carbocycles. The molecule has 5 rings (SSSR count). The lowest BCUT2D eigenvalue weighted by Crippen LogP contribution is -2.48. The summed E-state index contributed by atoms with van der Waals surface area (Å²) < 4.78 is 34.6. The lowest BCUT2D eigenvalue weighted by Gasteiger charge is -2.31. The predicted octanol–water partition coefficient (Wildman–Crippen LogP) is 3.72. The zero-order valence-corrected chi connectivity index (χ0v) is 22.1. The first-order chi connectivity index (χ1) is 18.0. The van der Waals surface area contributed by atoms with Crippen LogP contribution in [0.4, 0.5) is 14.7 Å². The highest BCUT2D eigenvalue weighted by atomic mass is 19.3. The van der Waals surface area contributed by atoms with Gasteiger partial charge >= 0.3 is 0 Å². The number of carbonyl (C=O) groups is 1. The van der Waals surface area contributed by atoms with Crippen molar-refractivity contribution in [1.29, 1.82) is 0 Å². The second-order valence-corrected chi connectivity index (χ2v) is 10.2. The van der Waals surface area contributed by atoms with Gasteiger partial charge in [-0.05, 0) is 26.3 Å². The number of anilines is 1. The topological polar surface area (TPSA) is 109 Å². The zero-order valence-electron chi connectivity index (χ0n) is 22.1. The highest BCUT2D eigenvalue weighted by molar-refractivity contribution is 5.85. The molecule has 2 aliphatic rings. The summed E-state index contributed by atoms with van der Waals surface area (Å²) in [5.74, 6) is -2.36. The van der Waals surface area contributed by atoms with Crippen LogP contribution in [0.25, 0.3) is 16.8 Å². The molecule has 4 heterocycles. The van der Waals surface area contributed by atoms with Gasteiger partial charge in [0.05, 0.1) is 39.8 Å². The molecule has 1 amide bonds. The molecule has 1 fully saturated rings. The van der Waals surface area contributed by atoms with Crippen molar-refractivity contribution in [3.8, 4) is 11.3 Å². The Balaban J connectivity index is 1.45. The van der Waals surface area contributed by atoms with Gasteiger partial charge in [-0.1, -0.05) is 17.3 Å². The number of alkyl halides is 2. The summed E-state index contributed by atoms with van der Waals surface area (Å²) in [5, 5.41) is 10.5. The number of amides is 1. The van der Waals surface area contributed by atoms with Crippen molar-refractivity contribution in [2.24, 2.45) is 5.92 Å². The number of halogens is 2. The van der Waals surface area contributed by atoms with E-state index in [0.717, 1.165) is 35.1 Å². The number of carbonyl (C=O) groups excluding carboxylic acids is 1. The van der Waals surface area contributed by atoms with Gasteiger partial charge in [0.1, 0.15) is 5.76 Å². The quantitative estimate of drug-likeness (QED) is 0.503. The molecule has 0 spiro atoms. The minimum Gasteiger partial charge on any atom is -0.361 e. The summed E-state index contributed by atoms with van der Waals surface area (Å²) in [6.07, 6.45) is 4.15. The van der Waals surface area contributed by atoms with E-state index in [2.05, 4.69) is 25.8 Å². The van der Waals surface area contributed by atoms with Crippen molar-refractivity contribution in [2.75, 3.05) is 32.5 Å². The molecule has 0 bridgehead atoms. The summed E-state index contributed by atoms with van der Waals surface area (Å²) in [7, 11) is 3.47. The molecule has 3 aromatic rings. The SMILES string of the molecule is Cc1noc(C)c1-c1ccc2c(n1)CC=C2c1nc(N[C@@H]2CNC[C@H](C(=O)N(C)C)C2)ncc1C(C)(F)F. The van der Waals surface area contributed by atoms with Crippen molar-refractivity contribution >= 4 is 17.4 Å². The van der Waals surface area contributed by atoms with E-state index in [4.69, 9.17) is 9.51 Å². The Hall–Kier alpha value is -3.73. The Morgan fingerprint density at radius 2 is 2.00 bits per heavy atom. The van der Waals surface area contributed by atoms with E-state index in [1.54, 1.807) is 19.0 Å². The van der Waals surface area contributed by atoms with Crippen LogP contribution in [0.5, 0.6) is 0 Å². The van der Waals surface area contributed by atoms with Crippen molar-refractivity contribution in [3.05, 3.63) is 58.4 Å². The average molecular weight is 524 g/mol.